The van der Waals surface area contributed by atoms with E-state index in [1.807, 2.05) is 36.5 Å². The quantitative estimate of drug-likeness (QED) is 0.628. The summed E-state index contributed by atoms with van der Waals surface area (Å²) in [6, 6.07) is 9.82. The van der Waals surface area contributed by atoms with Crippen molar-refractivity contribution in [2.45, 2.75) is 6.54 Å². The number of aromatic nitrogens is 5. The second-order valence-electron chi connectivity index (χ2n) is 5.08. The smallest absolute Gasteiger partial charge is 0.117 e. The Kier molecular flexibility index (Phi) is 3.40. The molecule has 4 heterocycles. The van der Waals surface area contributed by atoms with Crippen LogP contribution in [0.25, 0.3) is 16.8 Å². The molecule has 0 amide bonds. The zero-order valence-electron chi connectivity index (χ0n) is 12.3. The number of rotatable bonds is 4. The molecular weight excluding hydrogens is 288 g/mol. The maximum absolute atomic E-state index is 4.64. The van der Waals surface area contributed by atoms with Crippen LogP contribution in [0.15, 0.2) is 67.6 Å². The van der Waals surface area contributed by atoms with Crippen molar-refractivity contribution < 1.29 is 0 Å². The molecule has 4 aromatic heterocycles. The van der Waals surface area contributed by atoms with Gasteiger partial charge in [0.25, 0.3) is 0 Å². The molecule has 0 fully saturated rings. The van der Waals surface area contributed by atoms with Crippen LogP contribution in [0.2, 0.25) is 0 Å². The fraction of sp³-hybridized carbons (Fsp3) is 0.0588. The summed E-state index contributed by atoms with van der Waals surface area (Å²) in [5, 5.41) is 8.12. The van der Waals surface area contributed by atoms with Crippen molar-refractivity contribution in [1.82, 2.24) is 24.6 Å². The van der Waals surface area contributed by atoms with Crippen molar-refractivity contribution >= 4 is 11.2 Å². The summed E-state index contributed by atoms with van der Waals surface area (Å²) in [6.07, 6.45) is 10.6. The van der Waals surface area contributed by atoms with Gasteiger partial charge < -0.3 is 5.32 Å². The molecule has 4 rings (SSSR count). The summed E-state index contributed by atoms with van der Waals surface area (Å²) in [4.78, 5) is 12.4. The number of nitrogens with zero attached hydrogens (tertiary/aromatic N) is 5. The van der Waals surface area contributed by atoms with E-state index in [0.717, 1.165) is 28.0 Å². The third kappa shape index (κ3) is 2.62. The summed E-state index contributed by atoms with van der Waals surface area (Å²) in [6.45, 7) is 0.676. The first-order chi connectivity index (χ1) is 11.4. The largest absolute Gasteiger partial charge is 0.377 e. The van der Waals surface area contributed by atoms with Gasteiger partial charge in [0, 0.05) is 43.1 Å². The first-order valence-electron chi connectivity index (χ1n) is 7.27. The minimum Gasteiger partial charge on any atom is -0.377 e. The molecule has 0 bridgehead atoms. The van der Waals surface area contributed by atoms with Crippen molar-refractivity contribution in [2.75, 3.05) is 5.32 Å². The number of fused-ring (bicyclic) bond motifs is 1. The van der Waals surface area contributed by atoms with Crippen molar-refractivity contribution in [3.63, 3.8) is 0 Å². The Morgan fingerprint density at radius 1 is 0.913 bits per heavy atom. The van der Waals surface area contributed by atoms with E-state index in [0.29, 0.717) is 6.54 Å². The lowest BCUT2D eigenvalue weighted by Crippen LogP contribution is -2.00. The maximum atomic E-state index is 4.64. The molecule has 0 aromatic carbocycles. The predicted molar refractivity (Wildman–Crippen MR) is 87.8 cm³/mol. The van der Waals surface area contributed by atoms with Gasteiger partial charge in [-0.05, 0) is 29.8 Å². The van der Waals surface area contributed by atoms with Crippen LogP contribution >= 0.6 is 0 Å². The fourth-order valence-electron chi connectivity index (χ4n) is 2.49. The average Bonchev–Trinajstić information content (AvgIpc) is 3.00. The molecule has 23 heavy (non-hydrogen) atoms. The standard InChI is InChI=1S/C17H14N6/c1-2-13(10-19-6-1)11-21-17-15-5-9-20-12-23(15)22-16(17)14-3-7-18-8-4-14/h1-10,12,21H,11H2. The van der Waals surface area contributed by atoms with Crippen molar-refractivity contribution in [3.05, 3.63) is 73.2 Å². The second kappa shape index (κ2) is 5.84. The molecule has 0 aliphatic carbocycles. The molecule has 0 spiro atoms. The van der Waals surface area contributed by atoms with Gasteiger partial charge in [-0.15, -0.1) is 0 Å². The van der Waals surface area contributed by atoms with Crippen LogP contribution in [-0.4, -0.2) is 24.6 Å². The van der Waals surface area contributed by atoms with E-state index >= 15 is 0 Å². The molecule has 6 nitrogen and oxygen atoms in total. The van der Waals surface area contributed by atoms with Crippen LogP contribution in [-0.2, 0) is 6.54 Å². The highest BCUT2D eigenvalue weighted by Gasteiger charge is 2.14. The van der Waals surface area contributed by atoms with E-state index in [4.69, 9.17) is 0 Å². The van der Waals surface area contributed by atoms with E-state index in [1.165, 1.54) is 0 Å². The van der Waals surface area contributed by atoms with Crippen molar-refractivity contribution in [3.8, 4) is 11.3 Å². The minimum absolute atomic E-state index is 0.676. The Balaban J connectivity index is 1.77. The van der Waals surface area contributed by atoms with Crippen LogP contribution in [0.4, 0.5) is 5.69 Å². The van der Waals surface area contributed by atoms with Crippen LogP contribution < -0.4 is 5.32 Å². The van der Waals surface area contributed by atoms with Crippen LogP contribution in [0.3, 0.4) is 0 Å². The third-order valence-electron chi connectivity index (χ3n) is 3.59. The highest BCUT2D eigenvalue weighted by Crippen LogP contribution is 2.30. The van der Waals surface area contributed by atoms with Gasteiger partial charge >= 0.3 is 0 Å². The van der Waals surface area contributed by atoms with Gasteiger partial charge in [-0.1, -0.05) is 6.07 Å². The molecule has 0 atom stereocenters. The van der Waals surface area contributed by atoms with Crippen LogP contribution in [0.1, 0.15) is 5.56 Å². The maximum Gasteiger partial charge on any atom is 0.117 e. The van der Waals surface area contributed by atoms with E-state index in [2.05, 4.69) is 25.4 Å². The summed E-state index contributed by atoms with van der Waals surface area (Å²) in [5.41, 5.74) is 4.96. The summed E-state index contributed by atoms with van der Waals surface area (Å²) >= 11 is 0. The van der Waals surface area contributed by atoms with E-state index in [9.17, 15) is 0 Å². The zero-order chi connectivity index (χ0) is 15.5. The van der Waals surface area contributed by atoms with E-state index < -0.39 is 0 Å². The molecule has 0 aliphatic rings. The highest BCUT2D eigenvalue weighted by molar-refractivity contribution is 5.86. The van der Waals surface area contributed by atoms with Crippen molar-refractivity contribution in [1.29, 1.82) is 0 Å². The molecular formula is C17H14N6. The second-order valence-corrected chi connectivity index (χ2v) is 5.08. The zero-order valence-corrected chi connectivity index (χ0v) is 12.3. The molecule has 0 saturated heterocycles. The van der Waals surface area contributed by atoms with Gasteiger partial charge in [0.1, 0.15) is 12.0 Å². The predicted octanol–water partition coefficient (Wildman–Crippen LogP) is 2.80. The third-order valence-corrected chi connectivity index (χ3v) is 3.59. The molecule has 6 heteroatoms. The number of anilines is 1. The van der Waals surface area contributed by atoms with Gasteiger partial charge in [-0.3, -0.25) is 9.97 Å². The topological polar surface area (TPSA) is 68.0 Å². The molecule has 0 saturated carbocycles. The monoisotopic (exact) mass is 302 g/mol. The number of pyridine rings is 2. The van der Waals surface area contributed by atoms with Gasteiger partial charge in [-0.25, -0.2) is 9.50 Å². The Bertz CT molecular complexity index is 918. The summed E-state index contributed by atoms with van der Waals surface area (Å²) in [5.74, 6) is 0. The lowest BCUT2D eigenvalue weighted by atomic mass is 10.1. The molecule has 112 valence electrons. The number of nitrogens with one attached hydrogen (secondary N) is 1. The summed E-state index contributed by atoms with van der Waals surface area (Å²) < 4.78 is 1.78. The molecule has 0 unspecified atom stereocenters. The SMILES string of the molecule is c1cncc(CNc2c(-c3ccncc3)nn3cnccc23)c1. The fourth-order valence-corrected chi connectivity index (χ4v) is 2.49. The van der Waals surface area contributed by atoms with Gasteiger partial charge in [0.05, 0.1) is 11.2 Å². The normalized spacial score (nSPS) is 10.8. The minimum atomic E-state index is 0.676. The summed E-state index contributed by atoms with van der Waals surface area (Å²) in [7, 11) is 0. The Labute approximate surface area is 132 Å². The Hall–Kier alpha value is -3.28. The first-order valence-corrected chi connectivity index (χ1v) is 7.27. The van der Waals surface area contributed by atoms with E-state index in [1.54, 1.807) is 35.6 Å². The average molecular weight is 302 g/mol. The van der Waals surface area contributed by atoms with Gasteiger partial charge in [-0.2, -0.15) is 5.10 Å². The molecule has 1 N–H and O–H groups in total. The number of hydrogen-bond acceptors (Lipinski definition) is 5. The van der Waals surface area contributed by atoms with Gasteiger partial charge in [0.2, 0.25) is 0 Å². The van der Waals surface area contributed by atoms with Gasteiger partial charge in [0.15, 0.2) is 0 Å². The van der Waals surface area contributed by atoms with Crippen molar-refractivity contribution in [2.24, 2.45) is 0 Å². The molecule has 4 aromatic rings. The Morgan fingerprint density at radius 3 is 2.61 bits per heavy atom. The highest BCUT2D eigenvalue weighted by atomic mass is 15.3. The lowest BCUT2D eigenvalue weighted by molar-refractivity contribution is 0.925. The number of hydrogen-bond donors (Lipinski definition) is 1. The Morgan fingerprint density at radius 2 is 1.78 bits per heavy atom. The molecule has 0 aliphatic heterocycles. The van der Waals surface area contributed by atoms with Crippen LogP contribution in [0, 0.1) is 0 Å². The van der Waals surface area contributed by atoms with Crippen LogP contribution in [0.5, 0.6) is 0 Å². The lowest BCUT2D eigenvalue weighted by Gasteiger charge is -2.07. The first kappa shape index (κ1) is 13.4. The molecule has 0 radical (unpaired) electrons. The van der Waals surface area contributed by atoms with E-state index in [-0.39, 0.29) is 0 Å².